The molecule has 0 atom stereocenters. The molecule has 0 aliphatic rings. The second kappa shape index (κ2) is 7.65. The summed E-state index contributed by atoms with van der Waals surface area (Å²) in [5, 5.41) is 0. The van der Waals surface area contributed by atoms with Gasteiger partial charge in [0, 0.05) is 25.9 Å². The van der Waals surface area contributed by atoms with Crippen molar-refractivity contribution in [3.8, 4) is 5.75 Å². The zero-order valence-electron chi connectivity index (χ0n) is 11.4. The number of ether oxygens (including phenoxy) is 1. The van der Waals surface area contributed by atoms with Gasteiger partial charge in [0.2, 0.25) is 0 Å². The van der Waals surface area contributed by atoms with Gasteiger partial charge in [0.05, 0.1) is 12.4 Å². The second-order valence-corrected chi connectivity index (χ2v) is 4.17. The van der Waals surface area contributed by atoms with Gasteiger partial charge in [-0.05, 0) is 6.07 Å². The molecule has 20 heavy (non-hydrogen) atoms. The second-order valence-electron chi connectivity index (χ2n) is 4.17. The van der Waals surface area contributed by atoms with E-state index in [1.165, 1.54) is 18.2 Å². The summed E-state index contributed by atoms with van der Waals surface area (Å²) >= 11 is 0. The third-order valence-electron chi connectivity index (χ3n) is 2.78. The number of aryl methyl sites for hydroxylation is 1. The van der Waals surface area contributed by atoms with Crippen LogP contribution in [0.25, 0.3) is 0 Å². The third kappa shape index (κ3) is 4.63. The minimum Gasteiger partial charge on any atom is -0.496 e. The van der Waals surface area contributed by atoms with E-state index in [0.29, 0.717) is 6.42 Å². The fourth-order valence-electron chi connectivity index (χ4n) is 1.77. The van der Waals surface area contributed by atoms with E-state index in [1.807, 2.05) is 11.6 Å². The molecule has 3 nitrogen and oxygen atoms in total. The molecule has 0 aliphatic carbocycles. The molecule has 0 fully saturated rings. The van der Waals surface area contributed by atoms with Crippen LogP contribution in [0, 0.1) is 0 Å². The molecule has 0 saturated carbocycles. The van der Waals surface area contributed by atoms with Gasteiger partial charge in [-0.1, -0.05) is 23.7 Å². The van der Waals surface area contributed by atoms with Crippen molar-refractivity contribution in [1.29, 1.82) is 0 Å². The number of aromatic nitrogens is 2. The Balaban J connectivity index is 0.00000200. The summed E-state index contributed by atoms with van der Waals surface area (Å²) in [5.74, 6) is 0.652. The fourth-order valence-corrected chi connectivity index (χ4v) is 1.77. The fraction of sp³-hybridized carbons (Fsp3) is 0.250. The quantitative estimate of drug-likeness (QED) is 0.670. The molecule has 0 unspecified atom stereocenters. The largest absolute Gasteiger partial charge is 1.00 e. The summed E-state index contributed by atoms with van der Waals surface area (Å²) in [7, 11) is 1.83. The molecule has 2 rings (SSSR count). The van der Waals surface area contributed by atoms with Crippen molar-refractivity contribution in [2.75, 3.05) is 6.61 Å². The van der Waals surface area contributed by atoms with E-state index in [4.69, 9.17) is 4.74 Å². The Bertz CT molecular complexity index is 560. The minimum absolute atomic E-state index is 0. The average Bonchev–Trinajstić information content (AvgIpc) is 2.75. The van der Waals surface area contributed by atoms with Gasteiger partial charge in [0.15, 0.2) is 0 Å². The first-order valence-electron chi connectivity index (χ1n) is 5.86. The van der Waals surface area contributed by atoms with Gasteiger partial charge >= 0.3 is 58.4 Å². The van der Waals surface area contributed by atoms with Gasteiger partial charge in [-0.3, -0.25) is 0 Å². The van der Waals surface area contributed by atoms with E-state index < -0.39 is 12.4 Å². The zero-order valence-corrected chi connectivity index (χ0v) is 14.5. The maximum Gasteiger partial charge on any atom is 1.00 e. The van der Waals surface area contributed by atoms with Crippen LogP contribution in [0.3, 0.4) is 0 Å². The van der Waals surface area contributed by atoms with Gasteiger partial charge < -0.3 is 22.3 Å². The smallest absolute Gasteiger partial charge is 0.496 e. The van der Waals surface area contributed by atoms with E-state index in [2.05, 4.69) is 4.98 Å². The number of halogens is 3. The van der Waals surface area contributed by atoms with Gasteiger partial charge in [-0.25, -0.2) is 4.98 Å². The van der Waals surface area contributed by atoms with Crippen molar-refractivity contribution in [3.63, 3.8) is 0 Å². The predicted octanol–water partition coefficient (Wildman–Crippen LogP) is -0.900. The summed E-state index contributed by atoms with van der Waals surface area (Å²) in [6, 6.07) is 5.26. The topological polar surface area (TPSA) is 27.1 Å². The molecule has 2 aromatic rings. The molecular formula is C12H13BF3KN2O. The van der Waals surface area contributed by atoms with Crippen LogP contribution in [-0.2, 0) is 13.5 Å². The molecule has 0 radical (unpaired) electrons. The van der Waals surface area contributed by atoms with E-state index in [1.54, 1.807) is 12.4 Å². The van der Waals surface area contributed by atoms with Crippen LogP contribution in [-0.4, -0.2) is 23.1 Å². The van der Waals surface area contributed by atoms with Crippen molar-refractivity contribution in [3.05, 3.63) is 42.5 Å². The zero-order chi connectivity index (χ0) is 13.9. The van der Waals surface area contributed by atoms with Crippen LogP contribution in [0.15, 0.2) is 36.7 Å². The molecule has 1 aromatic heterocycles. The predicted molar refractivity (Wildman–Crippen MR) is 67.6 cm³/mol. The van der Waals surface area contributed by atoms with Gasteiger partial charge in [0.25, 0.3) is 0 Å². The minimum atomic E-state index is -5.05. The third-order valence-corrected chi connectivity index (χ3v) is 2.78. The number of rotatable bonds is 5. The molecule has 0 N–H and O–H groups in total. The molecular weight excluding hydrogens is 295 g/mol. The molecule has 0 aliphatic heterocycles. The normalized spacial score (nSPS) is 11.0. The maximum absolute atomic E-state index is 12.8. The molecule has 1 heterocycles. The van der Waals surface area contributed by atoms with Crippen LogP contribution in [0.1, 0.15) is 5.82 Å². The first kappa shape index (κ1) is 17.8. The molecule has 8 heteroatoms. The Morgan fingerprint density at radius 2 is 1.95 bits per heavy atom. The van der Waals surface area contributed by atoms with Crippen LogP contribution in [0.5, 0.6) is 5.75 Å². The Morgan fingerprint density at radius 3 is 2.55 bits per heavy atom. The Morgan fingerprint density at radius 1 is 1.25 bits per heavy atom. The van der Waals surface area contributed by atoms with Crippen molar-refractivity contribution in [1.82, 2.24) is 9.55 Å². The van der Waals surface area contributed by atoms with Crippen molar-refractivity contribution >= 4 is 12.4 Å². The van der Waals surface area contributed by atoms with Crippen molar-refractivity contribution in [2.45, 2.75) is 6.42 Å². The summed E-state index contributed by atoms with van der Waals surface area (Å²) in [5.41, 5.74) is -0.692. The Hall–Kier alpha value is -0.279. The summed E-state index contributed by atoms with van der Waals surface area (Å²) < 4.78 is 45.4. The van der Waals surface area contributed by atoms with Crippen LogP contribution >= 0.6 is 0 Å². The first-order chi connectivity index (χ1) is 8.98. The Labute approximate surface area is 158 Å². The van der Waals surface area contributed by atoms with E-state index in [0.717, 1.165) is 11.9 Å². The SMILES string of the molecule is Cn1ccnc1CCOc1ccccc1[B-](F)(F)F.[K+]. The average molecular weight is 308 g/mol. The molecule has 0 bridgehead atoms. The van der Waals surface area contributed by atoms with Crippen LogP contribution < -0.4 is 61.6 Å². The van der Waals surface area contributed by atoms with E-state index in [9.17, 15) is 12.9 Å². The summed E-state index contributed by atoms with van der Waals surface area (Å²) in [4.78, 5) is 4.08. The monoisotopic (exact) mass is 308 g/mol. The number of benzene rings is 1. The first-order valence-corrected chi connectivity index (χ1v) is 5.86. The molecule has 0 amide bonds. The van der Waals surface area contributed by atoms with E-state index in [-0.39, 0.29) is 63.7 Å². The number of nitrogens with zero attached hydrogens (tertiary/aromatic N) is 2. The standard InChI is InChI=1S/C12H13BF3N2O.K/c1-18-8-7-17-12(18)6-9-19-11-5-3-2-4-10(11)13(14,15)16;/h2-5,7-8H,6,9H2,1H3;/q-1;+1. The summed E-state index contributed by atoms with van der Waals surface area (Å²) in [6.45, 7) is -4.89. The van der Waals surface area contributed by atoms with Gasteiger partial charge in [-0.2, -0.15) is 0 Å². The van der Waals surface area contributed by atoms with Crippen molar-refractivity contribution < 1.29 is 69.1 Å². The maximum atomic E-state index is 12.8. The van der Waals surface area contributed by atoms with Crippen LogP contribution in [0.2, 0.25) is 0 Å². The van der Waals surface area contributed by atoms with Crippen molar-refractivity contribution in [2.24, 2.45) is 7.05 Å². The number of para-hydroxylation sites is 1. The molecule has 0 saturated heterocycles. The summed E-state index contributed by atoms with van der Waals surface area (Å²) in [6.07, 6.45) is 3.88. The van der Waals surface area contributed by atoms with Crippen LogP contribution in [0.4, 0.5) is 12.9 Å². The number of hydrogen-bond acceptors (Lipinski definition) is 2. The molecule has 0 spiro atoms. The Kier molecular flexibility index (Phi) is 6.80. The van der Waals surface area contributed by atoms with Gasteiger partial charge in [-0.15, -0.1) is 0 Å². The van der Waals surface area contributed by atoms with E-state index >= 15 is 0 Å². The van der Waals surface area contributed by atoms with Gasteiger partial charge in [0.1, 0.15) is 5.82 Å². The number of imidazole rings is 1. The molecule has 1 aromatic carbocycles. The number of hydrogen-bond donors (Lipinski definition) is 0. The molecule has 102 valence electrons.